The number of amides is 1. The number of nitrogens with one attached hydrogen (secondary N) is 1. The molecule has 6 heteroatoms. The highest BCUT2D eigenvalue weighted by atomic mass is 79.9. The quantitative estimate of drug-likeness (QED) is 0.804. The van der Waals surface area contributed by atoms with Crippen molar-refractivity contribution < 1.29 is 18.7 Å². The summed E-state index contributed by atoms with van der Waals surface area (Å²) in [7, 11) is 0. The summed E-state index contributed by atoms with van der Waals surface area (Å²) in [5.41, 5.74) is 1.31. The van der Waals surface area contributed by atoms with E-state index in [1.54, 1.807) is 19.9 Å². The van der Waals surface area contributed by atoms with E-state index in [0.29, 0.717) is 17.1 Å². The van der Waals surface area contributed by atoms with Gasteiger partial charge in [0.1, 0.15) is 17.1 Å². The molecule has 0 aliphatic rings. The van der Waals surface area contributed by atoms with E-state index in [9.17, 15) is 9.59 Å². The molecule has 0 aliphatic heterocycles. The summed E-state index contributed by atoms with van der Waals surface area (Å²) in [5, 5.41) is 2.79. The molecule has 1 N–H and O–H groups in total. The van der Waals surface area contributed by atoms with Crippen LogP contribution in [0.15, 0.2) is 39.2 Å². The average molecular weight is 380 g/mol. The van der Waals surface area contributed by atoms with Crippen molar-refractivity contribution in [2.24, 2.45) is 0 Å². The van der Waals surface area contributed by atoms with Gasteiger partial charge in [0.05, 0.1) is 6.04 Å². The number of esters is 1. The van der Waals surface area contributed by atoms with Crippen LogP contribution in [-0.4, -0.2) is 18.5 Å². The minimum atomic E-state index is -0.564. The Morgan fingerprint density at radius 2 is 1.91 bits per heavy atom. The van der Waals surface area contributed by atoms with Crippen LogP contribution >= 0.6 is 15.9 Å². The molecule has 0 spiro atoms. The van der Waals surface area contributed by atoms with Gasteiger partial charge in [0.2, 0.25) is 0 Å². The molecule has 0 saturated carbocycles. The van der Waals surface area contributed by atoms with Crippen LogP contribution in [0.25, 0.3) is 0 Å². The highest BCUT2D eigenvalue weighted by Gasteiger charge is 2.17. The van der Waals surface area contributed by atoms with Crippen LogP contribution in [-0.2, 0) is 9.53 Å². The number of rotatable bonds is 5. The van der Waals surface area contributed by atoms with Crippen molar-refractivity contribution in [3.05, 3.63) is 57.5 Å². The monoisotopic (exact) mass is 379 g/mol. The highest BCUT2D eigenvalue weighted by molar-refractivity contribution is 9.10. The van der Waals surface area contributed by atoms with Crippen molar-refractivity contribution in [1.29, 1.82) is 0 Å². The van der Waals surface area contributed by atoms with Gasteiger partial charge in [-0.25, -0.2) is 4.79 Å². The average Bonchev–Trinajstić information content (AvgIpc) is 2.84. The second-order valence-corrected chi connectivity index (χ2v) is 6.16. The second-order valence-electron chi connectivity index (χ2n) is 5.24. The van der Waals surface area contributed by atoms with E-state index in [2.05, 4.69) is 21.2 Å². The Balaban J connectivity index is 1.86. The Morgan fingerprint density at radius 1 is 1.26 bits per heavy atom. The molecular weight excluding hydrogens is 362 g/mol. The third kappa shape index (κ3) is 4.69. The van der Waals surface area contributed by atoms with Gasteiger partial charge in [-0.15, -0.1) is 0 Å². The van der Waals surface area contributed by atoms with Gasteiger partial charge in [0.25, 0.3) is 5.91 Å². The first-order chi connectivity index (χ1) is 10.9. The van der Waals surface area contributed by atoms with Crippen molar-refractivity contribution in [3.8, 4) is 0 Å². The lowest BCUT2D eigenvalue weighted by molar-refractivity contribution is -0.124. The summed E-state index contributed by atoms with van der Waals surface area (Å²) < 4.78 is 11.3. The molecule has 2 aromatic rings. The molecule has 5 nitrogen and oxygen atoms in total. The van der Waals surface area contributed by atoms with Crippen molar-refractivity contribution in [2.75, 3.05) is 6.61 Å². The zero-order valence-corrected chi connectivity index (χ0v) is 14.8. The number of ether oxygens (including phenoxy) is 1. The fourth-order valence-electron chi connectivity index (χ4n) is 2.16. The highest BCUT2D eigenvalue weighted by Crippen LogP contribution is 2.17. The van der Waals surface area contributed by atoms with Crippen LogP contribution in [0.3, 0.4) is 0 Å². The maximum Gasteiger partial charge on any atom is 0.342 e. The summed E-state index contributed by atoms with van der Waals surface area (Å²) >= 11 is 3.36. The van der Waals surface area contributed by atoms with Crippen LogP contribution in [0, 0.1) is 13.8 Å². The molecule has 0 aliphatic carbocycles. The lowest BCUT2D eigenvalue weighted by Crippen LogP contribution is -2.31. The topological polar surface area (TPSA) is 68.5 Å². The molecule has 1 aromatic heterocycles. The van der Waals surface area contributed by atoms with Crippen LogP contribution < -0.4 is 5.32 Å². The standard InChI is InChI=1S/C17H18BrNO4/c1-10-8-15(12(3)23-10)17(21)22-9-16(20)19-11(2)13-4-6-14(18)7-5-13/h4-8,11H,9H2,1-3H3,(H,19,20)/t11-/m0/s1. The van der Waals surface area contributed by atoms with Crippen LogP contribution in [0.5, 0.6) is 0 Å². The minimum absolute atomic E-state index is 0.174. The molecule has 23 heavy (non-hydrogen) atoms. The predicted octanol–water partition coefficient (Wildman–Crippen LogP) is 3.69. The number of benzene rings is 1. The van der Waals surface area contributed by atoms with E-state index in [1.807, 2.05) is 31.2 Å². The number of carbonyl (C=O) groups is 2. The van der Waals surface area contributed by atoms with Crippen LogP contribution in [0.4, 0.5) is 0 Å². The third-order valence-corrected chi connectivity index (χ3v) is 3.87. The summed E-state index contributed by atoms with van der Waals surface area (Å²) in [6.45, 7) is 4.96. The largest absolute Gasteiger partial charge is 0.466 e. The van der Waals surface area contributed by atoms with Crippen molar-refractivity contribution in [2.45, 2.75) is 26.8 Å². The maximum absolute atomic E-state index is 11.9. The van der Waals surface area contributed by atoms with Gasteiger partial charge in [0.15, 0.2) is 6.61 Å². The Labute approximate surface area is 143 Å². The molecule has 0 radical (unpaired) electrons. The number of hydrogen-bond donors (Lipinski definition) is 1. The van der Waals surface area contributed by atoms with Crippen LogP contribution in [0.1, 0.15) is 40.4 Å². The molecule has 1 heterocycles. The van der Waals surface area contributed by atoms with Gasteiger partial charge >= 0.3 is 5.97 Å². The molecule has 2 rings (SSSR count). The number of hydrogen-bond acceptors (Lipinski definition) is 4. The summed E-state index contributed by atoms with van der Waals surface area (Å²) in [6, 6.07) is 9.06. The van der Waals surface area contributed by atoms with E-state index in [4.69, 9.17) is 9.15 Å². The Kier molecular flexibility index (Phi) is 5.60. The normalized spacial score (nSPS) is 11.8. The molecular formula is C17H18BrNO4. The zero-order chi connectivity index (χ0) is 17.0. The molecule has 0 bridgehead atoms. The Morgan fingerprint density at radius 3 is 2.48 bits per heavy atom. The van der Waals surface area contributed by atoms with Gasteiger partial charge in [-0.2, -0.15) is 0 Å². The minimum Gasteiger partial charge on any atom is -0.466 e. The number of aryl methyl sites for hydroxylation is 2. The van der Waals surface area contributed by atoms with Gasteiger partial charge in [-0.05, 0) is 44.5 Å². The van der Waals surface area contributed by atoms with Crippen molar-refractivity contribution in [1.82, 2.24) is 5.32 Å². The number of furan rings is 1. The molecule has 1 atom stereocenters. The van der Waals surface area contributed by atoms with Crippen LogP contribution in [0.2, 0.25) is 0 Å². The van der Waals surface area contributed by atoms with Crippen molar-refractivity contribution in [3.63, 3.8) is 0 Å². The predicted molar refractivity (Wildman–Crippen MR) is 89.2 cm³/mol. The van der Waals surface area contributed by atoms with Gasteiger partial charge in [0, 0.05) is 4.47 Å². The molecule has 122 valence electrons. The fourth-order valence-corrected chi connectivity index (χ4v) is 2.42. The summed E-state index contributed by atoms with van der Waals surface area (Å²) in [6.07, 6.45) is 0. The fraction of sp³-hybridized carbons (Fsp3) is 0.294. The summed E-state index contributed by atoms with van der Waals surface area (Å²) in [4.78, 5) is 23.8. The third-order valence-electron chi connectivity index (χ3n) is 3.34. The van der Waals surface area contributed by atoms with E-state index in [0.717, 1.165) is 10.0 Å². The Bertz CT molecular complexity index is 706. The van der Waals surface area contributed by atoms with E-state index >= 15 is 0 Å². The van der Waals surface area contributed by atoms with Gasteiger partial charge in [-0.1, -0.05) is 28.1 Å². The lowest BCUT2D eigenvalue weighted by atomic mass is 10.1. The molecule has 1 aromatic carbocycles. The number of carbonyl (C=O) groups excluding carboxylic acids is 2. The first-order valence-corrected chi connectivity index (χ1v) is 7.95. The summed E-state index contributed by atoms with van der Waals surface area (Å²) in [5.74, 6) is 0.191. The van der Waals surface area contributed by atoms with Gasteiger partial charge in [-0.3, -0.25) is 4.79 Å². The SMILES string of the molecule is Cc1cc(C(=O)OCC(=O)N[C@@H](C)c2ccc(Br)cc2)c(C)o1. The smallest absolute Gasteiger partial charge is 0.342 e. The zero-order valence-electron chi connectivity index (χ0n) is 13.2. The van der Waals surface area contributed by atoms with Gasteiger partial charge < -0.3 is 14.5 Å². The Hall–Kier alpha value is -2.08. The van der Waals surface area contributed by atoms with Crippen molar-refractivity contribution >= 4 is 27.8 Å². The first-order valence-electron chi connectivity index (χ1n) is 7.16. The van der Waals surface area contributed by atoms with E-state index in [1.165, 1.54) is 0 Å². The first kappa shape index (κ1) is 17.3. The lowest BCUT2D eigenvalue weighted by Gasteiger charge is -2.14. The molecule has 0 saturated heterocycles. The van der Waals surface area contributed by atoms with E-state index < -0.39 is 5.97 Å². The molecule has 0 unspecified atom stereocenters. The molecule has 0 fully saturated rings. The molecule has 1 amide bonds. The second kappa shape index (κ2) is 7.46. The van der Waals surface area contributed by atoms with E-state index in [-0.39, 0.29) is 18.6 Å². The maximum atomic E-state index is 11.9. The number of halogens is 1.